The Morgan fingerprint density at radius 3 is 2.41 bits per heavy atom. The Labute approximate surface area is 189 Å². The molecule has 1 aromatic carbocycles. The molecule has 0 radical (unpaired) electrons. The van der Waals surface area contributed by atoms with Crippen molar-refractivity contribution in [3.8, 4) is 17.3 Å². The summed E-state index contributed by atoms with van der Waals surface area (Å²) in [5.74, 6) is -0.944. The van der Waals surface area contributed by atoms with Gasteiger partial charge in [0.05, 0.1) is 5.92 Å². The molecule has 32 heavy (non-hydrogen) atoms. The van der Waals surface area contributed by atoms with Crippen LogP contribution in [0.4, 0.5) is 5.82 Å². The van der Waals surface area contributed by atoms with E-state index >= 15 is 0 Å². The van der Waals surface area contributed by atoms with Crippen molar-refractivity contribution < 1.29 is 9.90 Å². The molecule has 5 N–H and O–H groups in total. The zero-order valence-corrected chi connectivity index (χ0v) is 19.5. The number of carbonyl (C=O) groups is 1. The molecule has 8 nitrogen and oxygen atoms in total. The van der Waals surface area contributed by atoms with Crippen LogP contribution in [-0.4, -0.2) is 26.5 Å². The Hall–Kier alpha value is -3.60. The van der Waals surface area contributed by atoms with Crippen LogP contribution in [0.15, 0.2) is 36.2 Å². The van der Waals surface area contributed by atoms with E-state index in [9.17, 15) is 15.2 Å². The van der Waals surface area contributed by atoms with Crippen LogP contribution >= 0.6 is 0 Å². The minimum atomic E-state index is -0.537. The van der Waals surface area contributed by atoms with Gasteiger partial charge in [0.25, 0.3) is 0 Å². The van der Waals surface area contributed by atoms with E-state index in [-0.39, 0.29) is 29.0 Å². The number of carbonyl (C=O) groups excluding carboxylic acids is 1. The van der Waals surface area contributed by atoms with E-state index in [1.54, 1.807) is 35.9 Å². The fourth-order valence-electron chi connectivity index (χ4n) is 3.29. The molecule has 0 saturated carbocycles. The topological polar surface area (TPSA) is 141 Å². The largest absolute Gasteiger partial charge is 0.494 e. The monoisotopic (exact) mass is 436 g/mol. The summed E-state index contributed by atoms with van der Waals surface area (Å²) in [6.45, 7) is 11.6. The number of aliphatic hydroxyl groups is 1. The number of allylic oxidation sites excluding steroid dienone is 1. The number of nitrogen functional groups attached to an aromatic ring is 1. The van der Waals surface area contributed by atoms with Crippen molar-refractivity contribution in [2.24, 2.45) is 5.41 Å². The lowest BCUT2D eigenvalue weighted by atomic mass is 9.89. The third-order valence-electron chi connectivity index (χ3n) is 4.91. The Kier molecular flexibility index (Phi) is 7.47. The maximum absolute atomic E-state index is 12.5. The Balaban J connectivity index is 2.16. The molecule has 1 atom stereocenters. The van der Waals surface area contributed by atoms with E-state index in [1.165, 1.54) is 6.08 Å². The number of nitrogens with two attached hydrogens (primary N) is 1. The number of nitriles is 1. The van der Waals surface area contributed by atoms with E-state index in [2.05, 4.69) is 16.5 Å². The zero-order valence-electron chi connectivity index (χ0n) is 19.5. The second-order valence-electron chi connectivity index (χ2n) is 9.38. The number of hydrogen-bond acceptors (Lipinski definition) is 6. The first kappa shape index (κ1) is 24.7. The second-order valence-corrected chi connectivity index (χ2v) is 9.38. The first-order valence-corrected chi connectivity index (χ1v) is 10.5. The highest BCUT2D eigenvalue weighted by atomic mass is 16.3. The van der Waals surface area contributed by atoms with Crippen LogP contribution in [0.2, 0.25) is 0 Å². The summed E-state index contributed by atoms with van der Waals surface area (Å²) in [5.41, 5.74) is 8.50. The standard InChI is InChI=1S/C24H32N6O2/c1-14(2)30-22(27)19(13-25)21(29-30)17-9-7-16(8-10-17)15(3)23(32)28-20(31)11-18(26)12-24(4,5)6/h7-11,14-15,26,31H,12,27H2,1-6H3,(H,28,32)/b20-11-,26-18?. The normalized spacial score (nSPS) is 13.0. The molecule has 2 rings (SSSR count). The number of aliphatic hydroxyl groups excluding tert-OH is 1. The van der Waals surface area contributed by atoms with Crippen molar-refractivity contribution in [2.45, 2.75) is 59.9 Å². The average Bonchev–Trinajstić information content (AvgIpc) is 3.02. The number of benzene rings is 1. The predicted octanol–water partition coefficient (Wildman–Crippen LogP) is 4.66. The van der Waals surface area contributed by atoms with Crippen molar-refractivity contribution in [3.05, 3.63) is 47.4 Å². The van der Waals surface area contributed by atoms with E-state index in [0.717, 1.165) is 11.1 Å². The molecule has 0 aliphatic heterocycles. The Bertz CT molecular complexity index is 1070. The highest BCUT2D eigenvalue weighted by molar-refractivity contribution is 5.94. The van der Waals surface area contributed by atoms with Crippen molar-refractivity contribution in [3.63, 3.8) is 0 Å². The summed E-state index contributed by atoms with van der Waals surface area (Å²) < 4.78 is 1.62. The van der Waals surface area contributed by atoms with Gasteiger partial charge in [-0.3, -0.25) is 10.1 Å². The molecule has 0 saturated heterocycles. The first-order valence-electron chi connectivity index (χ1n) is 10.5. The SMILES string of the molecule is CC(C(=O)N/C(O)=C/C(=N)CC(C)(C)C)c1ccc(-c2nn(C(C)C)c(N)c2C#N)cc1. The lowest BCUT2D eigenvalue weighted by molar-refractivity contribution is -0.122. The maximum atomic E-state index is 12.5. The molecule has 1 heterocycles. The van der Waals surface area contributed by atoms with E-state index in [0.29, 0.717) is 23.5 Å². The molecule has 0 fully saturated rings. The fraction of sp³-hybridized carbons (Fsp3) is 0.417. The van der Waals surface area contributed by atoms with Gasteiger partial charge in [-0.15, -0.1) is 0 Å². The van der Waals surface area contributed by atoms with Crippen molar-refractivity contribution in [1.29, 1.82) is 10.7 Å². The number of rotatable bonds is 7. The lowest BCUT2D eigenvalue weighted by Crippen LogP contribution is -2.28. The van der Waals surface area contributed by atoms with Gasteiger partial charge in [-0.25, -0.2) is 4.68 Å². The highest BCUT2D eigenvalue weighted by Gasteiger charge is 2.20. The summed E-state index contributed by atoms with van der Waals surface area (Å²) in [5, 5.41) is 34.4. The minimum Gasteiger partial charge on any atom is -0.494 e. The number of nitrogens with one attached hydrogen (secondary N) is 2. The smallest absolute Gasteiger partial charge is 0.233 e. The van der Waals surface area contributed by atoms with Gasteiger partial charge in [0.2, 0.25) is 5.91 Å². The number of nitrogens with zero attached hydrogens (tertiary/aromatic N) is 3. The van der Waals surface area contributed by atoms with Crippen LogP contribution in [0, 0.1) is 22.2 Å². The van der Waals surface area contributed by atoms with Gasteiger partial charge in [-0.05, 0) is 38.2 Å². The summed E-state index contributed by atoms with van der Waals surface area (Å²) in [7, 11) is 0. The van der Waals surface area contributed by atoms with Gasteiger partial charge in [-0.1, -0.05) is 45.0 Å². The Morgan fingerprint density at radius 1 is 1.31 bits per heavy atom. The zero-order chi connectivity index (χ0) is 24.2. The summed E-state index contributed by atoms with van der Waals surface area (Å²) in [4.78, 5) is 12.5. The third kappa shape index (κ3) is 5.97. The van der Waals surface area contributed by atoms with Crippen molar-refractivity contribution >= 4 is 17.4 Å². The van der Waals surface area contributed by atoms with E-state index < -0.39 is 5.92 Å². The molecule has 1 unspecified atom stereocenters. The molecule has 170 valence electrons. The fourth-order valence-corrected chi connectivity index (χ4v) is 3.29. The second kappa shape index (κ2) is 9.69. The van der Waals surface area contributed by atoms with Gasteiger partial charge < -0.3 is 16.2 Å². The summed E-state index contributed by atoms with van der Waals surface area (Å²) >= 11 is 0. The van der Waals surface area contributed by atoms with Crippen LogP contribution in [0.3, 0.4) is 0 Å². The molecule has 8 heteroatoms. The number of amides is 1. The molecular weight excluding hydrogens is 404 g/mol. The van der Waals surface area contributed by atoms with Crippen LogP contribution in [0.1, 0.15) is 71.0 Å². The minimum absolute atomic E-state index is 0.0180. The third-order valence-corrected chi connectivity index (χ3v) is 4.91. The average molecular weight is 437 g/mol. The maximum Gasteiger partial charge on any atom is 0.233 e. The van der Waals surface area contributed by atoms with Crippen LogP contribution in [-0.2, 0) is 4.79 Å². The first-order chi connectivity index (χ1) is 14.8. The van der Waals surface area contributed by atoms with Crippen molar-refractivity contribution in [2.75, 3.05) is 5.73 Å². The molecule has 1 amide bonds. The van der Waals surface area contributed by atoms with Crippen molar-refractivity contribution in [1.82, 2.24) is 15.1 Å². The lowest BCUT2D eigenvalue weighted by Gasteiger charge is -2.17. The molecule has 0 aliphatic carbocycles. The number of hydrogen-bond donors (Lipinski definition) is 4. The molecule has 2 aromatic rings. The molecule has 1 aromatic heterocycles. The molecule has 0 aliphatic rings. The predicted molar refractivity (Wildman–Crippen MR) is 126 cm³/mol. The van der Waals surface area contributed by atoms with Gasteiger partial charge in [0.15, 0.2) is 5.88 Å². The molecule has 0 bridgehead atoms. The van der Waals surface area contributed by atoms with Crippen LogP contribution < -0.4 is 11.1 Å². The van der Waals surface area contributed by atoms with E-state index in [4.69, 9.17) is 11.1 Å². The highest BCUT2D eigenvalue weighted by Crippen LogP contribution is 2.29. The van der Waals surface area contributed by atoms with Gasteiger partial charge in [0, 0.05) is 23.4 Å². The van der Waals surface area contributed by atoms with Crippen LogP contribution in [0.25, 0.3) is 11.3 Å². The van der Waals surface area contributed by atoms with Gasteiger partial charge >= 0.3 is 0 Å². The molecule has 0 spiro atoms. The van der Waals surface area contributed by atoms with Crippen LogP contribution in [0.5, 0.6) is 0 Å². The Morgan fingerprint density at radius 2 is 1.91 bits per heavy atom. The number of anilines is 1. The summed E-state index contributed by atoms with van der Waals surface area (Å²) in [6, 6.07) is 9.29. The quantitative estimate of drug-likeness (QED) is 0.369. The number of aromatic nitrogens is 2. The summed E-state index contributed by atoms with van der Waals surface area (Å²) in [6.07, 6.45) is 1.74. The van der Waals surface area contributed by atoms with Gasteiger partial charge in [-0.2, -0.15) is 10.4 Å². The van der Waals surface area contributed by atoms with E-state index in [1.807, 2.05) is 34.6 Å². The van der Waals surface area contributed by atoms with Gasteiger partial charge in [0.1, 0.15) is 23.1 Å². The molecular formula is C24H32N6O2.